The maximum absolute atomic E-state index is 12.6. The minimum Gasteiger partial charge on any atom is -0.494 e. The molecule has 0 radical (unpaired) electrons. The van der Waals surface area contributed by atoms with E-state index < -0.39 is 20.7 Å². The Kier molecular flexibility index (Phi) is 6.82. The number of rotatable bonds is 7. The number of hydrogen-bond donors (Lipinski definition) is 1. The summed E-state index contributed by atoms with van der Waals surface area (Å²) in [7, 11) is -3.70. The van der Waals surface area contributed by atoms with Crippen molar-refractivity contribution in [1.82, 2.24) is 5.01 Å². The van der Waals surface area contributed by atoms with Crippen LogP contribution < -0.4 is 4.74 Å². The molecule has 2 aromatic rings. The van der Waals surface area contributed by atoms with Crippen LogP contribution in [0.2, 0.25) is 0 Å². The molecule has 2 aliphatic heterocycles. The minimum absolute atomic E-state index is 0.0189. The Morgan fingerprint density at radius 1 is 1.31 bits per heavy atom. The molecule has 0 saturated heterocycles. The SMILES string of the molecule is CCOc1ccc(-c2ccc(/C=C3/C(=N)N4N=C(S(=O)(=O)CC(C)C)SC4=NC3=O)o2)c([N+](=O)[O-])c1. The monoisotopic (exact) mass is 531 g/mol. The Morgan fingerprint density at radius 3 is 2.72 bits per heavy atom. The smallest absolute Gasteiger partial charge is 0.284 e. The van der Waals surface area contributed by atoms with Crippen LogP contribution in [0.25, 0.3) is 17.4 Å². The number of thioether (sulfide) groups is 1. The first-order chi connectivity index (χ1) is 17.0. The van der Waals surface area contributed by atoms with E-state index in [1.165, 1.54) is 30.3 Å². The predicted octanol–water partition coefficient (Wildman–Crippen LogP) is 3.90. The number of nitro benzene ring substituents is 1. The molecule has 3 heterocycles. The van der Waals surface area contributed by atoms with Crippen LogP contribution in [-0.4, -0.2) is 52.0 Å². The van der Waals surface area contributed by atoms with Crippen molar-refractivity contribution < 1.29 is 27.3 Å². The molecular formula is C22H21N5O7S2. The molecule has 4 rings (SSSR count). The van der Waals surface area contributed by atoms with E-state index in [4.69, 9.17) is 14.6 Å². The van der Waals surface area contributed by atoms with Crippen molar-refractivity contribution >= 4 is 54.6 Å². The quantitative estimate of drug-likeness (QED) is 0.316. The number of nitro groups is 1. The van der Waals surface area contributed by atoms with Crippen LogP contribution in [0, 0.1) is 21.4 Å². The number of nitrogens with one attached hydrogen (secondary N) is 1. The van der Waals surface area contributed by atoms with Crippen molar-refractivity contribution in [3.05, 3.63) is 51.8 Å². The number of amides is 1. The maximum atomic E-state index is 12.6. The predicted molar refractivity (Wildman–Crippen MR) is 136 cm³/mol. The molecule has 12 nitrogen and oxygen atoms in total. The fraction of sp³-hybridized carbons (Fsp3) is 0.273. The average molecular weight is 532 g/mol. The number of sulfone groups is 1. The Bertz CT molecular complexity index is 1470. The second kappa shape index (κ2) is 9.70. The summed E-state index contributed by atoms with van der Waals surface area (Å²) in [5.41, 5.74) is -0.185. The van der Waals surface area contributed by atoms with Gasteiger partial charge in [-0.05, 0) is 54.9 Å². The molecule has 0 saturated carbocycles. The van der Waals surface area contributed by atoms with Gasteiger partial charge in [0.05, 0.1) is 34.5 Å². The van der Waals surface area contributed by atoms with E-state index >= 15 is 0 Å². The van der Waals surface area contributed by atoms with Gasteiger partial charge in [-0.2, -0.15) is 10.0 Å². The first-order valence-electron chi connectivity index (χ1n) is 10.7. The number of nitrogens with zero attached hydrogens (tertiary/aromatic N) is 4. The molecule has 14 heteroatoms. The Labute approximate surface area is 210 Å². The molecule has 2 aliphatic rings. The third-order valence-corrected chi connectivity index (χ3v) is 8.34. The number of carbonyl (C=O) groups excluding carboxylic acids is 1. The number of benzene rings is 1. The van der Waals surface area contributed by atoms with Gasteiger partial charge in [-0.15, -0.1) is 5.10 Å². The topological polar surface area (TPSA) is 169 Å². The van der Waals surface area contributed by atoms with Gasteiger partial charge in [0, 0.05) is 0 Å². The van der Waals surface area contributed by atoms with Gasteiger partial charge in [-0.3, -0.25) is 20.3 Å². The highest BCUT2D eigenvalue weighted by molar-refractivity contribution is 8.42. The van der Waals surface area contributed by atoms with Gasteiger partial charge in [0.2, 0.25) is 19.4 Å². The van der Waals surface area contributed by atoms with Crippen LogP contribution in [-0.2, 0) is 14.6 Å². The zero-order chi connectivity index (χ0) is 26.2. The molecule has 1 aromatic heterocycles. The summed E-state index contributed by atoms with van der Waals surface area (Å²) in [6, 6.07) is 7.36. The van der Waals surface area contributed by atoms with E-state index in [1.807, 2.05) is 0 Å². The minimum atomic E-state index is -3.70. The van der Waals surface area contributed by atoms with E-state index in [9.17, 15) is 23.3 Å². The molecular weight excluding hydrogens is 510 g/mol. The van der Waals surface area contributed by atoms with E-state index in [2.05, 4.69) is 10.1 Å². The molecule has 0 atom stereocenters. The molecule has 1 aromatic carbocycles. The highest BCUT2D eigenvalue weighted by Crippen LogP contribution is 2.35. The molecule has 1 N–H and O–H groups in total. The zero-order valence-electron chi connectivity index (χ0n) is 19.4. The van der Waals surface area contributed by atoms with E-state index in [0.29, 0.717) is 12.4 Å². The fourth-order valence-corrected chi connectivity index (χ4v) is 6.24. The van der Waals surface area contributed by atoms with Gasteiger partial charge < -0.3 is 9.15 Å². The molecule has 0 aliphatic carbocycles. The van der Waals surface area contributed by atoms with Gasteiger partial charge in [0.15, 0.2) is 5.84 Å². The summed E-state index contributed by atoms with van der Waals surface area (Å²) in [5, 5.41) is 25.0. The lowest BCUT2D eigenvalue weighted by molar-refractivity contribution is -0.384. The number of aliphatic imine (C=N–C) groups is 1. The lowest BCUT2D eigenvalue weighted by Crippen LogP contribution is -2.35. The number of carbonyl (C=O) groups is 1. The summed E-state index contributed by atoms with van der Waals surface area (Å²) in [5.74, 6) is -0.726. The summed E-state index contributed by atoms with van der Waals surface area (Å²) < 4.78 is 35.9. The van der Waals surface area contributed by atoms with Crippen LogP contribution >= 0.6 is 11.8 Å². The maximum Gasteiger partial charge on any atom is 0.284 e. The van der Waals surface area contributed by atoms with Crippen molar-refractivity contribution in [2.75, 3.05) is 12.4 Å². The fourth-order valence-electron chi connectivity index (χ4n) is 3.46. The van der Waals surface area contributed by atoms with Crippen molar-refractivity contribution in [3.8, 4) is 17.1 Å². The van der Waals surface area contributed by atoms with Gasteiger partial charge in [-0.1, -0.05) is 13.8 Å². The second-order valence-corrected chi connectivity index (χ2v) is 11.3. The van der Waals surface area contributed by atoms with Gasteiger partial charge >= 0.3 is 0 Å². The highest BCUT2D eigenvalue weighted by atomic mass is 32.3. The van der Waals surface area contributed by atoms with Crippen molar-refractivity contribution in [3.63, 3.8) is 0 Å². The Balaban J connectivity index is 1.64. The van der Waals surface area contributed by atoms with Crippen LogP contribution in [0.4, 0.5) is 5.69 Å². The lowest BCUT2D eigenvalue weighted by Gasteiger charge is -2.19. The van der Waals surface area contributed by atoms with Gasteiger partial charge in [0.1, 0.15) is 17.3 Å². The third kappa shape index (κ3) is 4.95. The first-order valence-corrected chi connectivity index (χ1v) is 13.2. The summed E-state index contributed by atoms with van der Waals surface area (Å²) in [6.45, 7) is 5.63. The molecule has 36 heavy (non-hydrogen) atoms. The average Bonchev–Trinajstić information content (AvgIpc) is 3.44. The van der Waals surface area contributed by atoms with Gasteiger partial charge in [0.25, 0.3) is 11.6 Å². The van der Waals surface area contributed by atoms with Crippen LogP contribution in [0.1, 0.15) is 26.5 Å². The normalized spacial score (nSPS) is 16.9. The number of amidine groups is 2. The Hall–Kier alpha value is -3.78. The van der Waals surface area contributed by atoms with E-state index in [0.717, 1.165) is 16.8 Å². The van der Waals surface area contributed by atoms with E-state index in [-0.39, 0.29) is 55.4 Å². The van der Waals surface area contributed by atoms with Crippen LogP contribution in [0.3, 0.4) is 0 Å². The summed E-state index contributed by atoms with van der Waals surface area (Å²) >= 11 is 0.721. The van der Waals surface area contributed by atoms with E-state index in [1.54, 1.807) is 26.8 Å². The van der Waals surface area contributed by atoms with Crippen molar-refractivity contribution in [2.45, 2.75) is 20.8 Å². The van der Waals surface area contributed by atoms with Gasteiger partial charge in [-0.25, -0.2) is 8.42 Å². The second-order valence-electron chi connectivity index (χ2n) is 8.13. The number of ether oxygens (including phenoxy) is 1. The van der Waals surface area contributed by atoms with Crippen LogP contribution in [0.5, 0.6) is 5.75 Å². The van der Waals surface area contributed by atoms with Crippen LogP contribution in [0.15, 0.2) is 50.4 Å². The largest absolute Gasteiger partial charge is 0.494 e. The molecule has 0 unspecified atom stereocenters. The molecule has 0 bridgehead atoms. The standard InChI is InChI=1S/C22H21N5O7S2/c1-4-33-13-5-7-15(17(10-13)27(29)30)18-8-6-14(34-18)9-16-19(23)26-21(24-20(16)28)35-22(25-26)36(31,32)11-12(2)3/h5-10,12,23H,4,11H2,1-3H3/b16-9-,23-19?. The first kappa shape index (κ1) is 25.3. The summed E-state index contributed by atoms with van der Waals surface area (Å²) in [4.78, 5) is 27.5. The number of hydrazone groups is 1. The number of hydrogen-bond acceptors (Lipinski definition) is 10. The molecule has 1 amide bonds. The van der Waals surface area contributed by atoms with Crippen molar-refractivity contribution in [2.24, 2.45) is 16.0 Å². The van der Waals surface area contributed by atoms with Crippen molar-refractivity contribution in [1.29, 1.82) is 5.41 Å². The molecule has 0 fully saturated rings. The lowest BCUT2D eigenvalue weighted by atomic mass is 10.1. The highest BCUT2D eigenvalue weighted by Gasteiger charge is 2.40. The zero-order valence-corrected chi connectivity index (χ0v) is 21.1. The number of furan rings is 1. The Morgan fingerprint density at radius 2 is 2.06 bits per heavy atom. The molecule has 188 valence electrons. The molecule has 0 spiro atoms. The summed E-state index contributed by atoms with van der Waals surface area (Å²) in [6.07, 6.45) is 1.26. The third-order valence-electron chi connectivity index (χ3n) is 4.91. The number of fused-ring (bicyclic) bond motifs is 1.